The smallest absolute Gasteiger partial charge is 0.131 e. The van der Waals surface area contributed by atoms with E-state index in [0.29, 0.717) is 5.92 Å². The van der Waals surface area contributed by atoms with Gasteiger partial charge in [-0.1, -0.05) is 32.0 Å². The zero-order valence-electron chi connectivity index (χ0n) is 8.96. The summed E-state index contributed by atoms with van der Waals surface area (Å²) in [4.78, 5) is 1.57. The Morgan fingerprint density at radius 3 is 2.60 bits per heavy atom. The quantitative estimate of drug-likeness (QED) is 0.763. The van der Waals surface area contributed by atoms with Gasteiger partial charge >= 0.3 is 0 Å². The Morgan fingerprint density at radius 1 is 1.20 bits per heavy atom. The SMILES string of the molecule is CC(C)Cc1nnn(-c2ccccc2)n1. The van der Waals surface area contributed by atoms with E-state index in [9.17, 15) is 0 Å². The molecule has 0 radical (unpaired) electrons. The standard InChI is InChI=1S/C11H14N4/c1-9(2)8-11-12-14-15(13-11)10-6-4-3-5-7-10/h3-7,9H,8H2,1-2H3. The lowest BCUT2D eigenvalue weighted by atomic mass is 10.1. The molecule has 78 valence electrons. The Kier molecular flexibility index (Phi) is 2.76. The minimum atomic E-state index is 0.554. The van der Waals surface area contributed by atoms with Gasteiger partial charge in [0, 0.05) is 6.42 Å². The van der Waals surface area contributed by atoms with E-state index in [1.807, 2.05) is 30.3 Å². The fourth-order valence-electron chi connectivity index (χ4n) is 1.36. The van der Waals surface area contributed by atoms with Gasteiger partial charge in [0.25, 0.3) is 0 Å². The van der Waals surface area contributed by atoms with Gasteiger partial charge in [0.15, 0.2) is 5.82 Å². The van der Waals surface area contributed by atoms with Crippen LogP contribution in [0.15, 0.2) is 30.3 Å². The van der Waals surface area contributed by atoms with Crippen LogP contribution in [-0.4, -0.2) is 20.2 Å². The van der Waals surface area contributed by atoms with Crippen LogP contribution in [0.1, 0.15) is 19.7 Å². The number of hydrogen-bond acceptors (Lipinski definition) is 3. The second-order valence-electron chi connectivity index (χ2n) is 3.93. The molecule has 1 aromatic heterocycles. The van der Waals surface area contributed by atoms with Gasteiger partial charge in [-0.25, -0.2) is 0 Å². The average molecular weight is 202 g/mol. The van der Waals surface area contributed by atoms with Crippen LogP contribution in [0, 0.1) is 5.92 Å². The highest BCUT2D eigenvalue weighted by Gasteiger charge is 2.05. The summed E-state index contributed by atoms with van der Waals surface area (Å²) in [6, 6.07) is 9.80. The molecule has 2 rings (SSSR count). The van der Waals surface area contributed by atoms with E-state index in [1.54, 1.807) is 4.80 Å². The van der Waals surface area contributed by atoms with Crippen LogP contribution in [0.25, 0.3) is 5.69 Å². The first-order valence-electron chi connectivity index (χ1n) is 5.10. The minimum Gasteiger partial charge on any atom is -0.131 e. The number of hydrogen-bond donors (Lipinski definition) is 0. The third-order valence-electron chi connectivity index (χ3n) is 2.03. The molecule has 0 aliphatic carbocycles. The van der Waals surface area contributed by atoms with Crippen molar-refractivity contribution in [1.82, 2.24) is 20.2 Å². The number of nitrogens with zero attached hydrogens (tertiary/aromatic N) is 4. The second kappa shape index (κ2) is 4.21. The van der Waals surface area contributed by atoms with Gasteiger partial charge in [-0.2, -0.15) is 0 Å². The van der Waals surface area contributed by atoms with Crippen molar-refractivity contribution in [1.29, 1.82) is 0 Å². The molecule has 0 unspecified atom stereocenters. The van der Waals surface area contributed by atoms with Crippen molar-refractivity contribution in [2.75, 3.05) is 0 Å². The van der Waals surface area contributed by atoms with Gasteiger partial charge in [-0.15, -0.1) is 15.0 Å². The first kappa shape index (κ1) is 9.83. The van der Waals surface area contributed by atoms with Gasteiger partial charge < -0.3 is 0 Å². The number of aromatic nitrogens is 4. The molecule has 0 spiro atoms. The Hall–Kier alpha value is -1.71. The molecular weight excluding hydrogens is 188 g/mol. The van der Waals surface area contributed by atoms with Gasteiger partial charge in [-0.3, -0.25) is 0 Å². The van der Waals surface area contributed by atoms with Crippen molar-refractivity contribution in [2.45, 2.75) is 20.3 Å². The summed E-state index contributed by atoms with van der Waals surface area (Å²) in [5, 5.41) is 12.3. The van der Waals surface area contributed by atoms with Crippen molar-refractivity contribution in [3.63, 3.8) is 0 Å². The first-order valence-corrected chi connectivity index (χ1v) is 5.10. The van der Waals surface area contributed by atoms with Crippen molar-refractivity contribution >= 4 is 0 Å². The maximum absolute atomic E-state index is 4.32. The lowest BCUT2D eigenvalue weighted by molar-refractivity contribution is 0.618. The molecule has 0 amide bonds. The molecular formula is C11H14N4. The summed E-state index contributed by atoms with van der Waals surface area (Å²) in [6.45, 7) is 4.28. The van der Waals surface area contributed by atoms with Crippen LogP contribution in [0.4, 0.5) is 0 Å². The molecule has 2 aromatic rings. The van der Waals surface area contributed by atoms with Gasteiger partial charge in [-0.05, 0) is 23.3 Å². The van der Waals surface area contributed by atoms with E-state index in [1.165, 1.54) is 0 Å². The molecule has 4 nitrogen and oxygen atoms in total. The van der Waals surface area contributed by atoms with Crippen molar-refractivity contribution in [3.05, 3.63) is 36.2 Å². The van der Waals surface area contributed by atoms with Crippen molar-refractivity contribution in [3.8, 4) is 5.69 Å². The zero-order valence-corrected chi connectivity index (χ0v) is 8.96. The normalized spacial score (nSPS) is 10.9. The van der Waals surface area contributed by atoms with Crippen molar-refractivity contribution in [2.24, 2.45) is 5.92 Å². The maximum Gasteiger partial charge on any atom is 0.175 e. The first-order chi connectivity index (χ1) is 7.25. The molecule has 1 aromatic carbocycles. The molecule has 1 heterocycles. The molecule has 15 heavy (non-hydrogen) atoms. The van der Waals surface area contributed by atoms with Crippen LogP contribution in [-0.2, 0) is 6.42 Å². The summed E-state index contributed by atoms with van der Waals surface area (Å²) in [5.74, 6) is 1.35. The van der Waals surface area contributed by atoms with Crippen LogP contribution in [0.2, 0.25) is 0 Å². The Morgan fingerprint density at radius 2 is 1.93 bits per heavy atom. The highest BCUT2D eigenvalue weighted by molar-refractivity contribution is 5.27. The molecule has 0 N–H and O–H groups in total. The third-order valence-corrected chi connectivity index (χ3v) is 2.03. The topological polar surface area (TPSA) is 43.6 Å². The summed E-state index contributed by atoms with van der Waals surface area (Å²) in [7, 11) is 0. The fraction of sp³-hybridized carbons (Fsp3) is 0.364. The van der Waals surface area contributed by atoms with E-state index in [0.717, 1.165) is 17.9 Å². The van der Waals surface area contributed by atoms with E-state index in [-0.39, 0.29) is 0 Å². The Labute approximate surface area is 88.9 Å². The summed E-state index contributed by atoms with van der Waals surface area (Å²) in [5.41, 5.74) is 0.944. The highest BCUT2D eigenvalue weighted by atomic mass is 15.6. The minimum absolute atomic E-state index is 0.554. The van der Waals surface area contributed by atoms with E-state index in [4.69, 9.17) is 0 Å². The molecule has 0 atom stereocenters. The average Bonchev–Trinajstić information content (AvgIpc) is 2.67. The van der Waals surface area contributed by atoms with E-state index in [2.05, 4.69) is 29.3 Å². The summed E-state index contributed by atoms with van der Waals surface area (Å²) < 4.78 is 0. The number of para-hydroxylation sites is 1. The van der Waals surface area contributed by atoms with E-state index >= 15 is 0 Å². The summed E-state index contributed by atoms with van der Waals surface area (Å²) in [6.07, 6.45) is 0.868. The number of rotatable bonds is 3. The monoisotopic (exact) mass is 202 g/mol. The largest absolute Gasteiger partial charge is 0.175 e. The molecule has 4 heteroatoms. The molecule has 0 saturated heterocycles. The third kappa shape index (κ3) is 2.40. The summed E-state index contributed by atoms with van der Waals surface area (Å²) >= 11 is 0. The number of tetrazole rings is 1. The highest BCUT2D eigenvalue weighted by Crippen LogP contribution is 2.05. The van der Waals surface area contributed by atoms with E-state index < -0.39 is 0 Å². The Bertz CT molecular complexity index is 419. The van der Waals surface area contributed by atoms with Crippen LogP contribution < -0.4 is 0 Å². The molecule has 0 bridgehead atoms. The van der Waals surface area contributed by atoms with Gasteiger partial charge in [0.05, 0.1) is 5.69 Å². The molecule has 0 fully saturated rings. The van der Waals surface area contributed by atoms with Crippen LogP contribution in [0.3, 0.4) is 0 Å². The van der Waals surface area contributed by atoms with Crippen LogP contribution >= 0.6 is 0 Å². The lowest BCUT2D eigenvalue weighted by Crippen LogP contribution is -2.00. The van der Waals surface area contributed by atoms with Gasteiger partial charge in [0.2, 0.25) is 0 Å². The maximum atomic E-state index is 4.32. The second-order valence-corrected chi connectivity index (χ2v) is 3.93. The lowest BCUT2D eigenvalue weighted by Gasteiger charge is -1.97. The molecule has 0 saturated carbocycles. The van der Waals surface area contributed by atoms with Crippen LogP contribution in [0.5, 0.6) is 0 Å². The molecule has 0 aliphatic heterocycles. The predicted molar refractivity (Wildman–Crippen MR) is 57.7 cm³/mol. The predicted octanol–water partition coefficient (Wildman–Crippen LogP) is 1.86. The fourth-order valence-corrected chi connectivity index (χ4v) is 1.36. The zero-order chi connectivity index (χ0) is 10.7. The van der Waals surface area contributed by atoms with Crippen molar-refractivity contribution < 1.29 is 0 Å². The Balaban J connectivity index is 2.21. The molecule has 0 aliphatic rings. The number of benzene rings is 1. The van der Waals surface area contributed by atoms with Gasteiger partial charge in [0.1, 0.15) is 0 Å².